The fraction of sp³-hybridized carbons (Fsp3) is 0.0714. The second-order valence-corrected chi connectivity index (χ2v) is 5.14. The van der Waals surface area contributed by atoms with E-state index >= 15 is 0 Å². The zero-order valence-corrected chi connectivity index (χ0v) is 13.1. The number of nitrogens with one attached hydrogen (secondary N) is 1. The molecule has 0 unspecified atom stereocenters. The number of ether oxygens (including phenoxy) is 1. The van der Waals surface area contributed by atoms with Gasteiger partial charge in [-0.2, -0.15) is 5.10 Å². The number of aromatic hydroxyl groups is 1. The monoisotopic (exact) mass is 365 g/mol. The molecule has 0 aliphatic rings. The van der Waals surface area contributed by atoms with Crippen molar-refractivity contribution in [1.29, 1.82) is 0 Å². The molecular weight excluding hydrogens is 354 g/mol. The maximum Gasteiger partial charge on any atom is 0.274 e. The van der Waals surface area contributed by atoms with Crippen molar-refractivity contribution in [2.75, 3.05) is 12.5 Å². The van der Waals surface area contributed by atoms with Gasteiger partial charge < -0.3 is 9.84 Å². The normalized spacial score (nSPS) is 10.6. The number of hydrazone groups is 1. The third kappa shape index (κ3) is 3.73. The fourth-order valence-corrected chi connectivity index (χ4v) is 2.11. The number of anilines is 1. The van der Waals surface area contributed by atoms with E-state index in [1.165, 1.54) is 19.4 Å². The molecule has 0 saturated carbocycles. The molecule has 0 aliphatic heterocycles. The highest BCUT2D eigenvalue weighted by molar-refractivity contribution is 9.10. The zero-order valence-electron chi connectivity index (χ0n) is 11.5. The summed E-state index contributed by atoms with van der Waals surface area (Å²) in [7, 11) is 1.32. The van der Waals surface area contributed by atoms with Gasteiger partial charge in [-0.15, -0.1) is 0 Å². The Morgan fingerprint density at radius 1 is 1.41 bits per heavy atom. The van der Waals surface area contributed by atoms with Gasteiger partial charge in [0.05, 0.1) is 30.0 Å². The number of rotatable bonds is 5. The van der Waals surface area contributed by atoms with Crippen LogP contribution in [0.1, 0.15) is 5.56 Å². The highest BCUT2D eigenvalue weighted by Gasteiger charge is 2.15. The smallest absolute Gasteiger partial charge is 0.274 e. The van der Waals surface area contributed by atoms with Gasteiger partial charge in [0.1, 0.15) is 0 Å². The summed E-state index contributed by atoms with van der Waals surface area (Å²) in [4.78, 5) is 10.3. The van der Waals surface area contributed by atoms with Crippen LogP contribution in [0.15, 0.2) is 46.0 Å². The lowest BCUT2D eigenvalue weighted by molar-refractivity contribution is -0.385. The topological polar surface area (TPSA) is 97.0 Å². The number of methoxy groups -OCH3 is 1. The van der Waals surface area contributed by atoms with Crippen LogP contribution >= 0.6 is 15.9 Å². The molecule has 7 nitrogen and oxygen atoms in total. The van der Waals surface area contributed by atoms with E-state index in [4.69, 9.17) is 4.74 Å². The molecule has 2 aromatic carbocycles. The number of nitrogens with zero attached hydrogens (tertiary/aromatic N) is 2. The lowest BCUT2D eigenvalue weighted by Crippen LogP contribution is -1.96. The Bertz CT molecular complexity index is 734. The summed E-state index contributed by atoms with van der Waals surface area (Å²) >= 11 is 3.33. The van der Waals surface area contributed by atoms with E-state index in [1.54, 1.807) is 6.07 Å². The molecule has 0 saturated heterocycles. The summed E-state index contributed by atoms with van der Waals surface area (Å²) in [5.74, 6) is -0.203. The predicted molar refractivity (Wildman–Crippen MR) is 86.7 cm³/mol. The quantitative estimate of drug-likeness (QED) is 0.480. The number of benzene rings is 2. The first-order valence-corrected chi connectivity index (χ1v) is 6.90. The van der Waals surface area contributed by atoms with Gasteiger partial charge in [-0.1, -0.05) is 22.0 Å². The molecule has 0 amide bonds. The summed E-state index contributed by atoms with van der Waals surface area (Å²) in [6.45, 7) is 0. The Hall–Kier alpha value is -2.61. The maximum absolute atomic E-state index is 10.9. The van der Waals surface area contributed by atoms with Crippen molar-refractivity contribution in [3.8, 4) is 11.5 Å². The first kappa shape index (κ1) is 15.8. The number of hydrogen-bond donors (Lipinski definition) is 2. The molecule has 22 heavy (non-hydrogen) atoms. The van der Waals surface area contributed by atoms with E-state index in [-0.39, 0.29) is 22.7 Å². The minimum absolute atomic E-state index is 0.0121. The molecule has 2 N–H and O–H groups in total. The van der Waals surface area contributed by atoms with Gasteiger partial charge in [-0.3, -0.25) is 15.5 Å². The van der Waals surface area contributed by atoms with Crippen molar-refractivity contribution in [2.45, 2.75) is 0 Å². The van der Waals surface area contributed by atoms with Crippen LogP contribution in [0.5, 0.6) is 11.5 Å². The minimum atomic E-state index is -0.568. The molecule has 114 valence electrons. The van der Waals surface area contributed by atoms with Crippen molar-refractivity contribution in [1.82, 2.24) is 0 Å². The van der Waals surface area contributed by atoms with Gasteiger partial charge >= 0.3 is 0 Å². The molecule has 0 fully saturated rings. The van der Waals surface area contributed by atoms with Crippen molar-refractivity contribution in [3.63, 3.8) is 0 Å². The SMILES string of the molecule is COc1cc([N+](=O)[O-])cc(/C=N/Nc2cccc(Br)c2)c1O. The summed E-state index contributed by atoms with van der Waals surface area (Å²) in [6.07, 6.45) is 1.28. The molecule has 0 radical (unpaired) electrons. The van der Waals surface area contributed by atoms with Crippen LogP contribution in [0.4, 0.5) is 11.4 Å². The second kappa shape index (κ2) is 6.90. The van der Waals surface area contributed by atoms with Gasteiger partial charge in [0.25, 0.3) is 5.69 Å². The van der Waals surface area contributed by atoms with E-state index < -0.39 is 4.92 Å². The number of non-ortho nitro benzene ring substituents is 1. The third-order valence-electron chi connectivity index (χ3n) is 2.74. The Labute approximate surface area is 134 Å². The molecule has 2 aromatic rings. The first-order valence-electron chi connectivity index (χ1n) is 6.11. The maximum atomic E-state index is 10.9. The van der Waals surface area contributed by atoms with Gasteiger partial charge in [0.15, 0.2) is 11.5 Å². The molecule has 8 heteroatoms. The minimum Gasteiger partial charge on any atom is -0.504 e. The number of nitro groups is 1. The van der Waals surface area contributed by atoms with Crippen molar-refractivity contribution < 1.29 is 14.8 Å². The standard InChI is InChI=1S/C14H12BrN3O4/c1-22-13-7-12(18(20)21)5-9(14(13)19)8-16-17-11-4-2-3-10(15)6-11/h2-8,17,19H,1H3/b16-8+. The van der Waals surface area contributed by atoms with Gasteiger partial charge in [0, 0.05) is 16.1 Å². The van der Waals surface area contributed by atoms with Crippen molar-refractivity contribution in [2.24, 2.45) is 5.10 Å². The fourth-order valence-electron chi connectivity index (χ4n) is 1.71. The van der Waals surface area contributed by atoms with Crippen LogP contribution < -0.4 is 10.2 Å². The lowest BCUT2D eigenvalue weighted by Gasteiger charge is -2.06. The third-order valence-corrected chi connectivity index (χ3v) is 3.24. The summed E-state index contributed by atoms with van der Waals surface area (Å²) in [5.41, 5.74) is 3.47. The Morgan fingerprint density at radius 2 is 2.18 bits per heavy atom. The predicted octanol–water partition coefficient (Wildman–Crippen LogP) is 3.52. The van der Waals surface area contributed by atoms with Crippen LogP contribution in [0.3, 0.4) is 0 Å². The number of phenols is 1. The number of nitro benzene ring substituents is 1. The summed E-state index contributed by atoms with van der Waals surface area (Å²) < 4.78 is 5.80. The number of hydrogen-bond acceptors (Lipinski definition) is 6. The zero-order chi connectivity index (χ0) is 16.1. The molecule has 0 bridgehead atoms. The van der Waals surface area contributed by atoms with Crippen molar-refractivity contribution in [3.05, 3.63) is 56.5 Å². The molecule has 0 aliphatic carbocycles. The van der Waals surface area contributed by atoms with Gasteiger partial charge in [0.2, 0.25) is 0 Å². The van der Waals surface area contributed by atoms with E-state index in [9.17, 15) is 15.2 Å². The molecule has 2 rings (SSSR count). The average Bonchev–Trinajstić information content (AvgIpc) is 2.48. The van der Waals surface area contributed by atoms with Gasteiger partial charge in [-0.25, -0.2) is 0 Å². The summed E-state index contributed by atoms with van der Waals surface area (Å²) in [5, 5.41) is 24.8. The van der Waals surface area contributed by atoms with Crippen LogP contribution in [0.25, 0.3) is 0 Å². The molecule has 0 heterocycles. The highest BCUT2D eigenvalue weighted by atomic mass is 79.9. The van der Waals surface area contributed by atoms with E-state index in [1.807, 2.05) is 18.2 Å². The largest absolute Gasteiger partial charge is 0.504 e. The van der Waals surface area contributed by atoms with Crippen LogP contribution in [-0.2, 0) is 0 Å². The van der Waals surface area contributed by atoms with E-state index in [2.05, 4.69) is 26.5 Å². The van der Waals surface area contributed by atoms with Crippen LogP contribution in [-0.4, -0.2) is 23.4 Å². The Kier molecular flexibility index (Phi) is 4.95. The first-order chi connectivity index (χ1) is 10.5. The second-order valence-electron chi connectivity index (χ2n) is 4.22. The van der Waals surface area contributed by atoms with Crippen molar-refractivity contribution >= 4 is 33.5 Å². The molecule has 0 atom stereocenters. The van der Waals surface area contributed by atoms with Crippen LogP contribution in [0, 0.1) is 10.1 Å². The lowest BCUT2D eigenvalue weighted by atomic mass is 10.2. The molecular formula is C14H12BrN3O4. The molecule has 0 spiro atoms. The summed E-state index contributed by atoms with van der Waals surface area (Å²) in [6, 6.07) is 9.67. The van der Waals surface area contributed by atoms with E-state index in [0.717, 1.165) is 16.2 Å². The average molecular weight is 366 g/mol. The van der Waals surface area contributed by atoms with Gasteiger partial charge in [-0.05, 0) is 18.2 Å². The van der Waals surface area contributed by atoms with E-state index in [0.29, 0.717) is 0 Å². The Balaban J connectivity index is 2.26. The highest BCUT2D eigenvalue weighted by Crippen LogP contribution is 2.33. The number of halogens is 1. The number of phenolic OH excluding ortho intramolecular Hbond substituents is 1. The van der Waals surface area contributed by atoms with Crippen LogP contribution in [0.2, 0.25) is 0 Å². The molecule has 0 aromatic heterocycles. The Morgan fingerprint density at radius 3 is 2.82 bits per heavy atom.